The molecule has 1 rings (SSSR count). The third kappa shape index (κ3) is 3.49. The maximum absolute atomic E-state index is 12.1. The molecule has 0 heterocycles. The summed E-state index contributed by atoms with van der Waals surface area (Å²) >= 11 is 0. The van der Waals surface area contributed by atoms with Crippen molar-refractivity contribution < 1.29 is 4.79 Å². The lowest BCUT2D eigenvalue weighted by atomic mass is 9.94. The quantitative estimate of drug-likeness (QED) is 0.725. The van der Waals surface area contributed by atoms with Crippen LogP contribution in [0.4, 0.5) is 0 Å². The summed E-state index contributed by atoms with van der Waals surface area (Å²) in [6.07, 6.45) is 6.58. The highest BCUT2D eigenvalue weighted by atomic mass is 16.2. The molecule has 0 radical (unpaired) electrons. The predicted molar refractivity (Wildman–Crippen MR) is 62.5 cm³/mol. The summed E-state index contributed by atoms with van der Waals surface area (Å²) in [5.41, 5.74) is 6.07. The zero-order valence-electron chi connectivity index (χ0n) is 10.0. The van der Waals surface area contributed by atoms with Crippen LogP contribution in [0.25, 0.3) is 0 Å². The fourth-order valence-electron chi connectivity index (χ4n) is 2.37. The molecule has 3 heteroatoms. The van der Waals surface area contributed by atoms with Crippen LogP contribution in [0.2, 0.25) is 0 Å². The van der Waals surface area contributed by atoms with Gasteiger partial charge in [-0.1, -0.05) is 26.2 Å². The van der Waals surface area contributed by atoms with Gasteiger partial charge in [-0.3, -0.25) is 4.79 Å². The monoisotopic (exact) mass is 212 g/mol. The van der Waals surface area contributed by atoms with E-state index in [0.717, 1.165) is 32.2 Å². The Kier molecular flexibility index (Phi) is 5.09. The Balaban J connectivity index is 2.55. The van der Waals surface area contributed by atoms with Gasteiger partial charge in [0.1, 0.15) is 0 Å². The number of hydrogen-bond donors (Lipinski definition) is 1. The Labute approximate surface area is 93.0 Å². The van der Waals surface area contributed by atoms with Crippen LogP contribution >= 0.6 is 0 Å². The van der Waals surface area contributed by atoms with E-state index in [1.54, 1.807) is 0 Å². The van der Waals surface area contributed by atoms with Crippen LogP contribution < -0.4 is 5.73 Å². The maximum atomic E-state index is 12.1. The van der Waals surface area contributed by atoms with E-state index < -0.39 is 0 Å². The molecule has 0 aliphatic heterocycles. The van der Waals surface area contributed by atoms with E-state index in [9.17, 15) is 4.79 Å². The Hall–Kier alpha value is -0.570. The summed E-state index contributed by atoms with van der Waals surface area (Å²) in [6.45, 7) is 2.94. The van der Waals surface area contributed by atoms with Crippen molar-refractivity contribution in [3.63, 3.8) is 0 Å². The molecule has 2 N–H and O–H groups in total. The molecule has 0 aromatic carbocycles. The summed E-state index contributed by atoms with van der Waals surface area (Å²) in [4.78, 5) is 13.9. The molecule has 0 bridgehead atoms. The highest BCUT2D eigenvalue weighted by molar-refractivity contribution is 5.79. The van der Waals surface area contributed by atoms with Gasteiger partial charge in [0.15, 0.2) is 0 Å². The molecule has 1 amide bonds. The first-order valence-corrected chi connectivity index (χ1v) is 6.17. The SMILES string of the molecule is CCCN(C)C(=O)[C@H]1CCCCC[C@H]1N. The molecule has 1 aliphatic rings. The van der Waals surface area contributed by atoms with Gasteiger partial charge >= 0.3 is 0 Å². The van der Waals surface area contributed by atoms with Crippen LogP contribution in [0, 0.1) is 5.92 Å². The molecule has 0 aromatic heterocycles. The summed E-state index contributed by atoms with van der Waals surface area (Å²) < 4.78 is 0. The zero-order chi connectivity index (χ0) is 11.3. The summed E-state index contributed by atoms with van der Waals surface area (Å²) in [6, 6.07) is 0.0827. The largest absolute Gasteiger partial charge is 0.345 e. The molecule has 1 aliphatic carbocycles. The van der Waals surface area contributed by atoms with E-state index in [2.05, 4.69) is 6.92 Å². The fourth-order valence-corrected chi connectivity index (χ4v) is 2.37. The fraction of sp³-hybridized carbons (Fsp3) is 0.917. The van der Waals surface area contributed by atoms with Crippen LogP contribution in [0.5, 0.6) is 0 Å². The van der Waals surface area contributed by atoms with Gasteiger partial charge < -0.3 is 10.6 Å². The minimum absolute atomic E-state index is 0.0732. The van der Waals surface area contributed by atoms with Gasteiger partial charge in [0.05, 0.1) is 5.92 Å². The van der Waals surface area contributed by atoms with Crippen LogP contribution in [0.1, 0.15) is 45.4 Å². The molecular weight excluding hydrogens is 188 g/mol. The van der Waals surface area contributed by atoms with E-state index in [1.165, 1.54) is 12.8 Å². The van der Waals surface area contributed by atoms with Crippen molar-refractivity contribution in [3.8, 4) is 0 Å². The lowest BCUT2D eigenvalue weighted by Gasteiger charge is -2.26. The highest BCUT2D eigenvalue weighted by Gasteiger charge is 2.28. The van der Waals surface area contributed by atoms with Crippen molar-refractivity contribution >= 4 is 5.91 Å². The van der Waals surface area contributed by atoms with Crippen molar-refractivity contribution in [2.24, 2.45) is 11.7 Å². The van der Waals surface area contributed by atoms with E-state index in [-0.39, 0.29) is 17.9 Å². The molecule has 0 spiro atoms. The first-order chi connectivity index (χ1) is 7.16. The van der Waals surface area contributed by atoms with Gasteiger partial charge in [0, 0.05) is 19.6 Å². The first kappa shape index (κ1) is 12.5. The number of carbonyl (C=O) groups is 1. The lowest BCUT2D eigenvalue weighted by Crippen LogP contribution is -2.42. The average Bonchev–Trinajstić information content (AvgIpc) is 2.42. The van der Waals surface area contributed by atoms with E-state index >= 15 is 0 Å². The normalized spacial score (nSPS) is 27.1. The number of rotatable bonds is 3. The summed E-state index contributed by atoms with van der Waals surface area (Å²) in [5.74, 6) is 0.329. The molecule has 3 nitrogen and oxygen atoms in total. The van der Waals surface area contributed by atoms with Crippen molar-refractivity contribution in [2.45, 2.75) is 51.5 Å². The Morgan fingerprint density at radius 2 is 2.00 bits per heavy atom. The maximum Gasteiger partial charge on any atom is 0.226 e. The van der Waals surface area contributed by atoms with Gasteiger partial charge in [0.2, 0.25) is 5.91 Å². The first-order valence-electron chi connectivity index (χ1n) is 6.17. The van der Waals surface area contributed by atoms with Crippen molar-refractivity contribution in [1.29, 1.82) is 0 Å². The topological polar surface area (TPSA) is 46.3 Å². The number of amides is 1. The van der Waals surface area contributed by atoms with Gasteiger partial charge in [-0.15, -0.1) is 0 Å². The third-order valence-electron chi connectivity index (χ3n) is 3.32. The standard InChI is InChI=1S/C12H24N2O/c1-3-9-14(2)12(15)10-7-5-4-6-8-11(10)13/h10-11H,3-9,13H2,1-2H3/t10-,11+/m0/s1. The molecule has 15 heavy (non-hydrogen) atoms. The van der Waals surface area contributed by atoms with Crippen LogP contribution in [0.3, 0.4) is 0 Å². The zero-order valence-corrected chi connectivity index (χ0v) is 10.0. The average molecular weight is 212 g/mol. The van der Waals surface area contributed by atoms with Crippen molar-refractivity contribution in [2.75, 3.05) is 13.6 Å². The number of nitrogens with zero attached hydrogens (tertiary/aromatic N) is 1. The van der Waals surface area contributed by atoms with Crippen molar-refractivity contribution in [3.05, 3.63) is 0 Å². The molecular formula is C12H24N2O. The van der Waals surface area contributed by atoms with Gasteiger partial charge in [-0.2, -0.15) is 0 Å². The van der Waals surface area contributed by atoms with E-state index in [1.807, 2.05) is 11.9 Å². The number of hydrogen-bond acceptors (Lipinski definition) is 2. The number of nitrogens with two attached hydrogens (primary N) is 1. The second kappa shape index (κ2) is 6.11. The molecule has 88 valence electrons. The summed E-state index contributed by atoms with van der Waals surface area (Å²) in [7, 11) is 1.89. The van der Waals surface area contributed by atoms with Gasteiger partial charge in [-0.05, 0) is 19.3 Å². The predicted octanol–water partition coefficient (Wildman–Crippen LogP) is 1.76. The molecule has 0 unspecified atom stereocenters. The van der Waals surface area contributed by atoms with Crippen LogP contribution in [-0.4, -0.2) is 30.4 Å². The molecule has 2 atom stereocenters. The molecule has 0 saturated heterocycles. The minimum Gasteiger partial charge on any atom is -0.345 e. The molecule has 0 aromatic rings. The number of carbonyl (C=O) groups excluding carboxylic acids is 1. The Morgan fingerprint density at radius 1 is 1.33 bits per heavy atom. The Morgan fingerprint density at radius 3 is 2.67 bits per heavy atom. The van der Waals surface area contributed by atoms with E-state index in [4.69, 9.17) is 5.73 Å². The Bertz CT molecular complexity index is 206. The highest BCUT2D eigenvalue weighted by Crippen LogP contribution is 2.23. The second-order valence-electron chi connectivity index (χ2n) is 4.67. The molecule has 1 fully saturated rings. The van der Waals surface area contributed by atoms with Crippen LogP contribution in [-0.2, 0) is 4.79 Å². The van der Waals surface area contributed by atoms with Gasteiger partial charge in [0.25, 0.3) is 0 Å². The molecule has 1 saturated carbocycles. The minimum atomic E-state index is 0.0732. The third-order valence-corrected chi connectivity index (χ3v) is 3.32. The van der Waals surface area contributed by atoms with Crippen LogP contribution in [0.15, 0.2) is 0 Å². The second-order valence-corrected chi connectivity index (χ2v) is 4.67. The lowest BCUT2D eigenvalue weighted by molar-refractivity contribution is -0.135. The van der Waals surface area contributed by atoms with Gasteiger partial charge in [-0.25, -0.2) is 0 Å². The smallest absolute Gasteiger partial charge is 0.226 e. The van der Waals surface area contributed by atoms with Crippen molar-refractivity contribution in [1.82, 2.24) is 4.90 Å². The van der Waals surface area contributed by atoms with E-state index in [0.29, 0.717) is 0 Å². The summed E-state index contributed by atoms with van der Waals surface area (Å²) in [5, 5.41) is 0.